The van der Waals surface area contributed by atoms with Gasteiger partial charge in [-0.05, 0) is 36.6 Å². The lowest BCUT2D eigenvalue weighted by molar-refractivity contribution is 0.470. The SMILES string of the molecule is C=Cc1cc(C)c(C)c(O)c1. The normalized spacial score (nSPS) is 9.64. The van der Waals surface area contributed by atoms with E-state index in [1.165, 1.54) is 0 Å². The third kappa shape index (κ3) is 1.43. The van der Waals surface area contributed by atoms with Crippen LogP contribution in [0.3, 0.4) is 0 Å². The molecule has 0 bridgehead atoms. The van der Waals surface area contributed by atoms with Gasteiger partial charge in [-0.2, -0.15) is 0 Å². The molecule has 0 saturated heterocycles. The van der Waals surface area contributed by atoms with Crippen molar-refractivity contribution in [2.45, 2.75) is 13.8 Å². The number of hydrogen-bond donors (Lipinski definition) is 1. The van der Waals surface area contributed by atoms with Gasteiger partial charge in [0, 0.05) is 0 Å². The first-order chi connectivity index (χ1) is 5.15. The van der Waals surface area contributed by atoms with E-state index in [1.54, 1.807) is 12.1 Å². The second-order valence-electron chi connectivity index (χ2n) is 2.69. The third-order valence-electron chi connectivity index (χ3n) is 1.90. The average Bonchev–Trinajstić information content (AvgIpc) is 1.99. The molecule has 0 aliphatic carbocycles. The highest BCUT2D eigenvalue weighted by molar-refractivity contribution is 5.54. The zero-order valence-corrected chi connectivity index (χ0v) is 6.89. The Balaban J connectivity index is 3.31. The van der Waals surface area contributed by atoms with Crippen LogP contribution in [0.25, 0.3) is 6.08 Å². The first-order valence-corrected chi connectivity index (χ1v) is 3.58. The number of phenols is 1. The van der Waals surface area contributed by atoms with Crippen molar-refractivity contribution in [1.29, 1.82) is 0 Å². The standard InChI is InChI=1S/C10H12O/c1-4-9-5-7(2)8(3)10(11)6-9/h4-6,11H,1H2,2-3H3. The van der Waals surface area contributed by atoms with Crippen molar-refractivity contribution in [3.05, 3.63) is 35.4 Å². The number of hydrogen-bond acceptors (Lipinski definition) is 1. The van der Waals surface area contributed by atoms with Gasteiger partial charge in [-0.1, -0.05) is 18.7 Å². The van der Waals surface area contributed by atoms with Crippen LogP contribution in [0.4, 0.5) is 0 Å². The average molecular weight is 148 g/mol. The summed E-state index contributed by atoms with van der Waals surface area (Å²) < 4.78 is 0. The van der Waals surface area contributed by atoms with Crippen LogP contribution in [0.2, 0.25) is 0 Å². The van der Waals surface area contributed by atoms with Gasteiger partial charge in [0.1, 0.15) is 5.75 Å². The number of phenolic OH excluding ortho intramolecular Hbond substituents is 1. The fourth-order valence-electron chi connectivity index (χ4n) is 0.986. The summed E-state index contributed by atoms with van der Waals surface area (Å²) in [6, 6.07) is 3.72. The molecule has 1 aromatic rings. The van der Waals surface area contributed by atoms with Crippen LogP contribution in [0, 0.1) is 13.8 Å². The Kier molecular flexibility index (Phi) is 1.99. The number of benzene rings is 1. The molecule has 1 rings (SSSR count). The quantitative estimate of drug-likeness (QED) is 0.649. The van der Waals surface area contributed by atoms with Crippen LogP contribution in [-0.2, 0) is 0 Å². The second kappa shape index (κ2) is 2.79. The smallest absolute Gasteiger partial charge is 0.119 e. The van der Waals surface area contributed by atoms with Crippen molar-refractivity contribution in [2.75, 3.05) is 0 Å². The molecular formula is C10H12O. The van der Waals surface area contributed by atoms with E-state index in [-0.39, 0.29) is 0 Å². The first kappa shape index (κ1) is 7.86. The van der Waals surface area contributed by atoms with Crippen molar-refractivity contribution in [1.82, 2.24) is 0 Å². The summed E-state index contributed by atoms with van der Waals surface area (Å²) in [5.74, 6) is 0.347. The molecule has 0 atom stereocenters. The summed E-state index contributed by atoms with van der Waals surface area (Å²) in [6.07, 6.45) is 1.73. The molecule has 1 N–H and O–H groups in total. The van der Waals surface area contributed by atoms with Crippen LogP contribution < -0.4 is 0 Å². The van der Waals surface area contributed by atoms with Crippen LogP contribution in [0.15, 0.2) is 18.7 Å². The van der Waals surface area contributed by atoms with Gasteiger partial charge in [-0.15, -0.1) is 0 Å². The maximum atomic E-state index is 9.36. The lowest BCUT2D eigenvalue weighted by atomic mass is 10.1. The molecule has 0 heterocycles. The number of rotatable bonds is 1. The maximum absolute atomic E-state index is 9.36. The minimum absolute atomic E-state index is 0.347. The van der Waals surface area contributed by atoms with Gasteiger partial charge in [0.2, 0.25) is 0 Å². The third-order valence-corrected chi connectivity index (χ3v) is 1.90. The van der Waals surface area contributed by atoms with Crippen molar-refractivity contribution < 1.29 is 5.11 Å². The Labute approximate surface area is 67.0 Å². The molecule has 0 saturated carbocycles. The highest BCUT2D eigenvalue weighted by Crippen LogP contribution is 2.22. The molecule has 0 unspecified atom stereocenters. The molecule has 0 radical (unpaired) electrons. The summed E-state index contributed by atoms with van der Waals surface area (Å²) in [4.78, 5) is 0. The Bertz CT molecular complexity index is 264. The van der Waals surface area contributed by atoms with Gasteiger partial charge in [-0.3, -0.25) is 0 Å². The molecule has 58 valence electrons. The van der Waals surface area contributed by atoms with Gasteiger partial charge in [0.15, 0.2) is 0 Å². The van der Waals surface area contributed by atoms with Gasteiger partial charge >= 0.3 is 0 Å². The van der Waals surface area contributed by atoms with E-state index in [0.717, 1.165) is 16.7 Å². The Hall–Kier alpha value is -1.24. The Morgan fingerprint density at radius 1 is 1.36 bits per heavy atom. The number of aromatic hydroxyl groups is 1. The molecule has 1 nitrogen and oxygen atoms in total. The van der Waals surface area contributed by atoms with E-state index in [2.05, 4.69) is 6.58 Å². The lowest BCUT2D eigenvalue weighted by Gasteiger charge is -2.03. The minimum atomic E-state index is 0.347. The van der Waals surface area contributed by atoms with Crippen molar-refractivity contribution >= 4 is 6.08 Å². The largest absolute Gasteiger partial charge is 0.508 e. The summed E-state index contributed by atoms with van der Waals surface area (Å²) in [5.41, 5.74) is 3.00. The monoisotopic (exact) mass is 148 g/mol. The van der Waals surface area contributed by atoms with E-state index in [1.807, 2.05) is 19.9 Å². The van der Waals surface area contributed by atoms with Crippen LogP contribution in [-0.4, -0.2) is 5.11 Å². The maximum Gasteiger partial charge on any atom is 0.119 e. The van der Waals surface area contributed by atoms with E-state index in [4.69, 9.17) is 0 Å². The van der Waals surface area contributed by atoms with Gasteiger partial charge < -0.3 is 5.11 Å². The Morgan fingerprint density at radius 3 is 2.45 bits per heavy atom. The fraction of sp³-hybridized carbons (Fsp3) is 0.200. The van der Waals surface area contributed by atoms with E-state index < -0.39 is 0 Å². The number of aryl methyl sites for hydroxylation is 1. The summed E-state index contributed by atoms with van der Waals surface area (Å²) in [7, 11) is 0. The summed E-state index contributed by atoms with van der Waals surface area (Å²) >= 11 is 0. The predicted molar refractivity (Wildman–Crippen MR) is 47.7 cm³/mol. The zero-order chi connectivity index (χ0) is 8.43. The Morgan fingerprint density at radius 2 is 2.00 bits per heavy atom. The molecule has 11 heavy (non-hydrogen) atoms. The fourth-order valence-corrected chi connectivity index (χ4v) is 0.986. The molecule has 1 heteroatoms. The predicted octanol–water partition coefficient (Wildman–Crippen LogP) is 2.65. The van der Waals surface area contributed by atoms with Gasteiger partial charge in [0.25, 0.3) is 0 Å². The van der Waals surface area contributed by atoms with Crippen LogP contribution in [0.1, 0.15) is 16.7 Å². The van der Waals surface area contributed by atoms with Crippen molar-refractivity contribution in [3.63, 3.8) is 0 Å². The van der Waals surface area contributed by atoms with E-state index in [0.29, 0.717) is 5.75 Å². The highest BCUT2D eigenvalue weighted by atomic mass is 16.3. The summed E-state index contributed by atoms with van der Waals surface area (Å²) in [6.45, 7) is 7.51. The highest BCUT2D eigenvalue weighted by Gasteiger charge is 1.99. The van der Waals surface area contributed by atoms with Gasteiger partial charge in [-0.25, -0.2) is 0 Å². The van der Waals surface area contributed by atoms with E-state index >= 15 is 0 Å². The lowest BCUT2D eigenvalue weighted by Crippen LogP contribution is -1.83. The zero-order valence-electron chi connectivity index (χ0n) is 6.89. The first-order valence-electron chi connectivity index (χ1n) is 3.58. The topological polar surface area (TPSA) is 20.2 Å². The molecule has 0 fully saturated rings. The van der Waals surface area contributed by atoms with Crippen LogP contribution >= 0.6 is 0 Å². The molecule has 0 aromatic heterocycles. The molecule has 1 aromatic carbocycles. The van der Waals surface area contributed by atoms with E-state index in [9.17, 15) is 5.11 Å². The van der Waals surface area contributed by atoms with Crippen LogP contribution in [0.5, 0.6) is 5.75 Å². The van der Waals surface area contributed by atoms with Gasteiger partial charge in [0.05, 0.1) is 0 Å². The molecule has 0 amide bonds. The molecule has 0 aliphatic rings. The van der Waals surface area contributed by atoms with Crippen molar-refractivity contribution in [2.24, 2.45) is 0 Å². The van der Waals surface area contributed by atoms with Crippen molar-refractivity contribution in [3.8, 4) is 5.75 Å². The molecule has 0 spiro atoms. The minimum Gasteiger partial charge on any atom is -0.508 e. The second-order valence-corrected chi connectivity index (χ2v) is 2.69. The molecule has 0 aliphatic heterocycles. The summed E-state index contributed by atoms with van der Waals surface area (Å²) in [5, 5.41) is 9.36. The molecular weight excluding hydrogens is 136 g/mol.